The summed E-state index contributed by atoms with van der Waals surface area (Å²) in [6.45, 7) is 5.23. The Bertz CT molecular complexity index is 778. The highest BCUT2D eigenvalue weighted by Crippen LogP contribution is 2.06. The summed E-state index contributed by atoms with van der Waals surface area (Å²) in [5, 5.41) is 16.6. The molecule has 15 nitrogen and oxygen atoms in total. The number of nitrogens with zero attached hydrogens (tertiary/aromatic N) is 2. The topological polar surface area (TPSA) is 279 Å². The number of amides is 3. The van der Waals surface area contributed by atoms with E-state index < -0.39 is 47.9 Å². The van der Waals surface area contributed by atoms with Gasteiger partial charge in [-0.2, -0.15) is 0 Å². The summed E-state index contributed by atoms with van der Waals surface area (Å²) < 4.78 is 0. The minimum Gasteiger partial charge on any atom is -0.480 e. The monoisotopic (exact) mass is 500 g/mol. The fourth-order valence-corrected chi connectivity index (χ4v) is 2.76. The van der Waals surface area contributed by atoms with Crippen LogP contribution in [0.15, 0.2) is 9.98 Å². The van der Waals surface area contributed by atoms with E-state index in [0.29, 0.717) is 12.8 Å². The van der Waals surface area contributed by atoms with Crippen molar-refractivity contribution in [1.82, 2.24) is 16.0 Å². The van der Waals surface area contributed by atoms with E-state index in [1.54, 1.807) is 13.8 Å². The lowest BCUT2D eigenvalue weighted by Gasteiger charge is -2.25. The number of hydrogen-bond acceptors (Lipinski definition) is 7. The molecular formula is C20H40N10O5. The van der Waals surface area contributed by atoms with E-state index in [0.717, 1.165) is 0 Å². The lowest BCUT2D eigenvalue weighted by Crippen LogP contribution is -2.57. The van der Waals surface area contributed by atoms with Gasteiger partial charge >= 0.3 is 5.97 Å². The second-order valence-corrected chi connectivity index (χ2v) is 8.36. The summed E-state index contributed by atoms with van der Waals surface area (Å²) in [6.07, 6.45) is 0.940. The van der Waals surface area contributed by atoms with Crippen LogP contribution in [0.25, 0.3) is 0 Å². The van der Waals surface area contributed by atoms with Gasteiger partial charge < -0.3 is 49.7 Å². The van der Waals surface area contributed by atoms with Crippen LogP contribution in [0.5, 0.6) is 0 Å². The Labute approximate surface area is 204 Å². The van der Waals surface area contributed by atoms with Crippen molar-refractivity contribution in [1.29, 1.82) is 0 Å². The van der Waals surface area contributed by atoms with Gasteiger partial charge in [0.2, 0.25) is 17.7 Å². The quantitative estimate of drug-likeness (QED) is 0.0576. The predicted molar refractivity (Wildman–Crippen MR) is 132 cm³/mol. The van der Waals surface area contributed by atoms with E-state index in [2.05, 4.69) is 25.9 Å². The molecule has 200 valence electrons. The van der Waals surface area contributed by atoms with Crippen molar-refractivity contribution in [2.45, 2.75) is 70.6 Å². The van der Waals surface area contributed by atoms with Crippen molar-refractivity contribution in [3.63, 3.8) is 0 Å². The van der Waals surface area contributed by atoms with Crippen LogP contribution < -0.4 is 44.6 Å². The first-order chi connectivity index (χ1) is 16.3. The van der Waals surface area contributed by atoms with Gasteiger partial charge in [-0.25, -0.2) is 0 Å². The van der Waals surface area contributed by atoms with Gasteiger partial charge in [-0.3, -0.25) is 29.2 Å². The molecule has 0 bridgehead atoms. The smallest absolute Gasteiger partial charge is 0.325 e. The normalized spacial score (nSPS) is 14.1. The van der Waals surface area contributed by atoms with Crippen molar-refractivity contribution in [3.05, 3.63) is 0 Å². The van der Waals surface area contributed by atoms with Gasteiger partial charge in [-0.1, -0.05) is 13.8 Å². The summed E-state index contributed by atoms with van der Waals surface area (Å²) in [5.41, 5.74) is 27.1. The molecular weight excluding hydrogens is 460 g/mol. The molecule has 0 spiro atoms. The second kappa shape index (κ2) is 16.1. The molecule has 4 atom stereocenters. The minimum atomic E-state index is -1.24. The van der Waals surface area contributed by atoms with Gasteiger partial charge in [0, 0.05) is 13.1 Å². The van der Waals surface area contributed by atoms with Crippen molar-refractivity contribution >= 4 is 35.6 Å². The third-order valence-corrected chi connectivity index (χ3v) is 4.91. The SMILES string of the molecule is CC(NC(=O)C(CCCN=C(N)N)NC(=O)C(CCCN=C(N)N)NC(=O)C(N)C(C)C)C(=O)O. The van der Waals surface area contributed by atoms with Crippen LogP contribution in [0, 0.1) is 5.92 Å². The molecule has 0 aliphatic carbocycles. The highest BCUT2D eigenvalue weighted by Gasteiger charge is 2.29. The average molecular weight is 501 g/mol. The number of hydrogen-bond donors (Lipinski definition) is 9. The van der Waals surface area contributed by atoms with Crippen LogP contribution in [0.1, 0.15) is 46.5 Å². The van der Waals surface area contributed by atoms with E-state index in [9.17, 15) is 19.2 Å². The summed E-state index contributed by atoms with van der Waals surface area (Å²) in [4.78, 5) is 57.0. The number of carboxylic acid groups (broad SMARTS) is 1. The molecule has 4 unspecified atom stereocenters. The van der Waals surface area contributed by atoms with Crippen molar-refractivity contribution in [2.75, 3.05) is 13.1 Å². The van der Waals surface area contributed by atoms with E-state index in [1.807, 2.05) is 0 Å². The number of carboxylic acids is 1. The van der Waals surface area contributed by atoms with Gasteiger partial charge in [0.1, 0.15) is 18.1 Å². The number of nitrogens with two attached hydrogens (primary N) is 5. The van der Waals surface area contributed by atoms with Gasteiger partial charge in [-0.15, -0.1) is 0 Å². The number of rotatable bonds is 16. The number of carbonyl (C=O) groups is 4. The Balaban J connectivity index is 5.55. The zero-order valence-corrected chi connectivity index (χ0v) is 20.5. The number of carbonyl (C=O) groups excluding carboxylic acids is 3. The molecule has 15 heteroatoms. The Morgan fingerprint density at radius 3 is 1.51 bits per heavy atom. The molecule has 3 amide bonds. The number of aliphatic imine (C=N–C) groups is 2. The van der Waals surface area contributed by atoms with E-state index >= 15 is 0 Å². The molecule has 0 heterocycles. The van der Waals surface area contributed by atoms with Crippen molar-refractivity contribution < 1.29 is 24.3 Å². The molecule has 0 aromatic carbocycles. The summed E-state index contributed by atoms with van der Waals surface area (Å²) in [5.74, 6) is -3.54. The Morgan fingerprint density at radius 1 is 0.743 bits per heavy atom. The number of guanidine groups is 2. The Kier molecular flexibility index (Phi) is 14.4. The third kappa shape index (κ3) is 13.6. The van der Waals surface area contributed by atoms with Crippen LogP contribution >= 0.6 is 0 Å². The molecule has 0 aromatic heterocycles. The molecule has 35 heavy (non-hydrogen) atoms. The molecule has 0 saturated carbocycles. The molecule has 0 saturated heterocycles. The van der Waals surface area contributed by atoms with Gasteiger partial charge in [0.25, 0.3) is 0 Å². The van der Waals surface area contributed by atoms with Crippen LogP contribution in [-0.4, -0.2) is 78.0 Å². The van der Waals surface area contributed by atoms with E-state index in [-0.39, 0.29) is 43.8 Å². The van der Waals surface area contributed by atoms with Crippen LogP contribution in [-0.2, 0) is 19.2 Å². The highest BCUT2D eigenvalue weighted by molar-refractivity contribution is 5.94. The molecule has 0 aliphatic rings. The van der Waals surface area contributed by atoms with Crippen LogP contribution in [0.4, 0.5) is 0 Å². The largest absolute Gasteiger partial charge is 0.480 e. The summed E-state index contributed by atoms with van der Waals surface area (Å²) in [6, 6.07) is -4.17. The molecule has 14 N–H and O–H groups in total. The Morgan fingerprint density at radius 2 is 1.14 bits per heavy atom. The highest BCUT2D eigenvalue weighted by atomic mass is 16.4. The second-order valence-electron chi connectivity index (χ2n) is 8.36. The molecule has 0 aliphatic heterocycles. The predicted octanol–water partition coefficient (Wildman–Crippen LogP) is -3.36. The average Bonchev–Trinajstić information content (AvgIpc) is 2.76. The third-order valence-electron chi connectivity index (χ3n) is 4.91. The van der Waals surface area contributed by atoms with Crippen LogP contribution in [0.3, 0.4) is 0 Å². The lowest BCUT2D eigenvalue weighted by molar-refractivity contribution is -0.141. The summed E-state index contributed by atoms with van der Waals surface area (Å²) >= 11 is 0. The van der Waals surface area contributed by atoms with Gasteiger partial charge in [-0.05, 0) is 38.5 Å². The van der Waals surface area contributed by atoms with Crippen LogP contribution in [0.2, 0.25) is 0 Å². The summed E-state index contributed by atoms with van der Waals surface area (Å²) in [7, 11) is 0. The molecule has 0 fully saturated rings. The number of aliphatic carboxylic acids is 1. The van der Waals surface area contributed by atoms with Crippen molar-refractivity contribution in [2.24, 2.45) is 44.6 Å². The maximum Gasteiger partial charge on any atom is 0.325 e. The molecule has 0 aromatic rings. The maximum atomic E-state index is 13.1. The fourth-order valence-electron chi connectivity index (χ4n) is 2.76. The lowest BCUT2D eigenvalue weighted by atomic mass is 10.0. The first kappa shape index (κ1) is 31.4. The zero-order valence-electron chi connectivity index (χ0n) is 20.5. The van der Waals surface area contributed by atoms with Crippen molar-refractivity contribution in [3.8, 4) is 0 Å². The van der Waals surface area contributed by atoms with Gasteiger partial charge in [0.15, 0.2) is 11.9 Å². The number of nitrogens with one attached hydrogen (secondary N) is 3. The standard InChI is InChI=1S/C20H40N10O5/c1-10(2)14(21)17(33)30-13(7-5-9-27-20(24)25)16(32)29-12(6-4-8-26-19(22)23)15(31)28-11(3)18(34)35/h10-14H,4-9,21H2,1-3H3,(H,28,31)(H,29,32)(H,30,33)(H,34,35)(H4,22,23,26)(H4,24,25,27). The maximum absolute atomic E-state index is 13.1. The Hall–Kier alpha value is -3.62. The molecule has 0 rings (SSSR count). The fraction of sp³-hybridized carbons (Fsp3) is 0.700. The first-order valence-electron chi connectivity index (χ1n) is 11.3. The zero-order chi connectivity index (χ0) is 27.1. The van der Waals surface area contributed by atoms with Gasteiger partial charge in [0.05, 0.1) is 6.04 Å². The van der Waals surface area contributed by atoms with E-state index in [1.165, 1.54) is 6.92 Å². The molecule has 0 radical (unpaired) electrons. The first-order valence-corrected chi connectivity index (χ1v) is 11.3. The minimum absolute atomic E-state index is 0.109. The van der Waals surface area contributed by atoms with E-state index in [4.69, 9.17) is 33.8 Å².